The van der Waals surface area contributed by atoms with Gasteiger partial charge in [0.2, 0.25) is 0 Å². The molecule has 0 saturated heterocycles. The van der Waals surface area contributed by atoms with Crippen LogP contribution >= 0.6 is 15.9 Å². The van der Waals surface area contributed by atoms with Crippen LogP contribution in [0.5, 0.6) is 0 Å². The lowest BCUT2D eigenvalue weighted by atomic mass is 9.87. The van der Waals surface area contributed by atoms with E-state index in [4.69, 9.17) is 0 Å². The number of rotatable bonds is 0. The van der Waals surface area contributed by atoms with Gasteiger partial charge in [-0.15, -0.1) is 0 Å². The van der Waals surface area contributed by atoms with E-state index in [2.05, 4.69) is 34.1 Å². The molecule has 0 nitrogen and oxygen atoms in total. The van der Waals surface area contributed by atoms with Crippen molar-refractivity contribution in [2.45, 2.75) is 32.1 Å². The lowest BCUT2D eigenvalue weighted by Crippen LogP contribution is -2.06. The molecular weight excluding hydrogens is 236 g/mol. The summed E-state index contributed by atoms with van der Waals surface area (Å²) in [7, 11) is 0. The Hall–Kier alpha value is -0.560. The molecule has 0 heterocycles. The van der Waals surface area contributed by atoms with Gasteiger partial charge in [-0.05, 0) is 60.4 Å². The van der Waals surface area contributed by atoms with Crippen LogP contribution in [0.4, 0.5) is 0 Å². The van der Waals surface area contributed by atoms with Crippen LogP contribution in [0.15, 0.2) is 16.6 Å². The molecule has 3 rings (SSSR count). The van der Waals surface area contributed by atoms with Gasteiger partial charge >= 0.3 is 0 Å². The monoisotopic (exact) mass is 248 g/mol. The molecule has 0 aromatic heterocycles. The summed E-state index contributed by atoms with van der Waals surface area (Å²) in [6, 6.07) is 2.32. The molecular formula is C13H13Br. The summed E-state index contributed by atoms with van der Waals surface area (Å²) in [4.78, 5) is 0. The standard InChI is InChI=1S/C13H13Br/c14-13-8-9-4-3-7-10(9)11-5-1-2-6-12(11)13/h3,7-8H,1-2,4-6H2. The number of hydrogen-bond acceptors (Lipinski definition) is 0. The highest BCUT2D eigenvalue weighted by atomic mass is 79.9. The molecule has 0 fully saturated rings. The fraction of sp³-hybridized carbons (Fsp3) is 0.385. The average molecular weight is 249 g/mol. The van der Waals surface area contributed by atoms with E-state index in [1.807, 2.05) is 0 Å². The molecule has 0 N–H and O–H groups in total. The average Bonchev–Trinajstić information content (AvgIpc) is 2.66. The molecule has 2 aliphatic rings. The number of allylic oxidation sites excluding steroid dienone is 1. The number of hydrogen-bond donors (Lipinski definition) is 0. The van der Waals surface area contributed by atoms with Crippen LogP contribution < -0.4 is 0 Å². The van der Waals surface area contributed by atoms with Gasteiger partial charge in [0.25, 0.3) is 0 Å². The highest BCUT2D eigenvalue weighted by molar-refractivity contribution is 9.10. The van der Waals surface area contributed by atoms with Crippen LogP contribution in [0.25, 0.3) is 6.08 Å². The van der Waals surface area contributed by atoms with E-state index < -0.39 is 0 Å². The molecule has 1 heteroatoms. The second-order valence-electron chi connectivity index (χ2n) is 4.20. The molecule has 0 atom stereocenters. The Balaban J connectivity index is 2.26. The van der Waals surface area contributed by atoms with Crippen molar-refractivity contribution in [1.82, 2.24) is 0 Å². The van der Waals surface area contributed by atoms with Gasteiger partial charge in [0, 0.05) is 4.47 Å². The van der Waals surface area contributed by atoms with Crippen LogP contribution in [0, 0.1) is 0 Å². The first kappa shape index (κ1) is 8.72. The Morgan fingerprint density at radius 1 is 1.07 bits per heavy atom. The van der Waals surface area contributed by atoms with E-state index in [-0.39, 0.29) is 0 Å². The molecule has 0 unspecified atom stereocenters. The van der Waals surface area contributed by atoms with Crippen molar-refractivity contribution in [3.8, 4) is 0 Å². The molecule has 1 aromatic rings. The third kappa shape index (κ3) is 1.18. The summed E-state index contributed by atoms with van der Waals surface area (Å²) in [6.07, 6.45) is 11.0. The smallest absolute Gasteiger partial charge is 0.0213 e. The summed E-state index contributed by atoms with van der Waals surface area (Å²) in [5.74, 6) is 0. The molecule has 1 aromatic carbocycles. The van der Waals surface area contributed by atoms with Gasteiger partial charge in [-0.2, -0.15) is 0 Å². The maximum absolute atomic E-state index is 3.71. The topological polar surface area (TPSA) is 0 Å². The van der Waals surface area contributed by atoms with Crippen molar-refractivity contribution in [1.29, 1.82) is 0 Å². The highest BCUT2D eigenvalue weighted by Gasteiger charge is 2.19. The van der Waals surface area contributed by atoms with Crippen LogP contribution in [0.3, 0.4) is 0 Å². The number of halogens is 1. The molecule has 14 heavy (non-hydrogen) atoms. The Labute approximate surface area is 93.2 Å². The second-order valence-corrected chi connectivity index (χ2v) is 5.06. The molecule has 0 bridgehead atoms. The largest absolute Gasteiger partial charge is 0.0795 e. The summed E-state index contributed by atoms with van der Waals surface area (Å²) in [5.41, 5.74) is 6.23. The SMILES string of the molecule is Brc1cc2c(c3c1CCCC3)C=CC2. The second kappa shape index (κ2) is 3.23. The summed E-state index contributed by atoms with van der Waals surface area (Å²) in [6.45, 7) is 0. The first-order valence-corrected chi connectivity index (χ1v) is 6.15. The zero-order valence-corrected chi connectivity index (χ0v) is 9.73. The Bertz CT molecular complexity index is 416. The van der Waals surface area contributed by atoms with Gasteiger partial charge in [-0.3, -0.25) is 0 Å². The van der Waals surface area contributed by atoms with Crippen molar-refractivity contribution in [3.05, 3.63) is 38.9 Å². The Morgan fingerprint density at radius 3 is 2.71 bits per heavy atom. The zero-order valence-electron chi connectivity index (χ0n) is 8.15. The molecule has 0 radical (unpaired) electrons. The molecule has 0 spiro atoms. The molecule has 2 aliphatic carbocycles. The minimum absolute atomic E-state index is 1.13. The van der Waals surface area contributed by atoms with Crippen LogP contribution in [-0.2, 0) is 19.3 Å². The fourth-order valence-electron chi connectivity index (χ4n) is 2.66. The lowest BCUT2D eigenvalue weighted by molar-refractivity contribution is 0.681. The van der Waals surface area contributed by atoms with E-state index in [0.717, 1.165) is 6.42 Å². The Morgan fingerprint density at radius 2 is 1.86 bits per heavy atom. The summed E-state index contributed by atoms with van der Waals surface area (Å²) >= 11 is 3.71. The minimum Gasteiger partial charge on any atom is -0.0795 e. The highest BCUT2D eigenvalue weighted by Crippen LogP contribution is 2.36. The van der Waals surface area contributed by atoms with Gasteiger partial charge in [-0.1, -0.05) is 28.1 Å². The first-order chi connectivity index (χ1) is 6.86. The predicted molar refractivity (Wildman–Crippen MR) is 63.5 cm³/mol. The van der Waals surface area contributed by atoms with E-state index in [0.29, 0.717) is 0 Å². The van der Waals surface area contributed by atoms with Crippen molar-refractivity contribution in [3.63, 3.8) is 0 Å². The van der Waals surface area contributed by atoms with Crippen molar-refractivity contribution < 1.29 is 0 Å². The van der Waals surface area contributed by atoms with Crippen molar-refractivity contribution in [2.75, 3.05) is 0 Å². The van der Waals surface area contributed by atoms with Crippen LogP contribution in [0.2, 0.25) is 0 Å². The number of benzene rings is 1. The number of fused-ring (bicyclic) bond motifs is 3. The zero-order chi connectivity index (χ0) is 9.54. The fourth-order valence-corrected chi connectivity index (χ4v) is 3.37. The molecule has 0 saturated carbocycles. The van der Waals surface area contributed by atoms with Crippen molar-refractivity contribution >= 4 is 22.0 Å². The maximum atomic E-state index is 3.71. The molecule has 72 valence electrons. The Kier molecular flexibility index (Phi) is 2.01. The van der Waals surface area contributed by atoms with E-state index in [9.17, 15) is 0 Å². The van der Waals surface area contributed by atoms with Crippen LogP contribution in [0.1, 0.15) is 35.1 Å². The lowest BCUT2D eigenvalue weighted by Gasteiger charge is -2.20. The predicted octanol–water partition coefficient (Wildman–Crippen LogP) is 3.90. The third-order valence-corrected chi connectivity index (χ3v) is 4.06. The van der Waals surface area contributed by atoms with E-state index >= 15 is 0 Å². The minimum atomic E-state index is 1.13. The van der Waals surface area contributed by atoms with Crippen molar-refractivity contribution in [2.24, 2.45) is 0 Å². The van der Waals surface area contributed by atoms with Gasteiger partial charge in [-0.25, -0.2) is 0 Å². The van der Waals surface area contributed by atoms with Gasteiger partial charge in [0.15, 0.2) is 0 Å². The normalized spacial score (nSPS) is 18.1. The van der Waals surface area contributed by atoms with Gasteiger partial charge in [0.05, 0.1) is 0 Å². The quantitative estimate of drug-likeness (QED) is 0.654. The maximum Gasteiger partial charge on any atom is 0.0213 e. The van der Waals surface area contributed by atoms with Crippen LogP contribution in [-0.4, -0.2) is 0 Å². The summed E-state index contributed by atoms with van der Waals surface area (Å²) in [5, 5.41) is 0. The molecule has 0 aliphatic heterocycles. The third-order valence-electron chi connectivity index (χ3n) is 3.35. The van der Waals surface area contributed by atoms with Gasteiger partial charge < -0.3 is 0 Å². The van der Waals surface area contributed by atoms with Gasteiger partial charge in [0.1, 0.15) is 0 Å². The van der Waals surface area contributed by atoms with E-state index in [1.165, 1.54) is 41.3 Å². The van der Waals surface area contributed by atoms with E-state index in [1.54, 1.807) is 11.1 Å². The first-order valence-electron chi connectivity index (χ1n) is 5.36. The molecule has 0 amide bonds. The summed E-state index contributed by atoms with van der Waals surface area (Å²) < 4.78 is 1.34.